The van der Waals surface area contributed by atoms with E-state index in [1.807, 2.05) is 12.1 Å². The number of halogens is 3. The van der Waals surface area contributed by atoms with Gasteiger partial charge in [-0.1, -0.05) is 23.2 Å². The van der Waals surface area contributed by atoms with Crippen LogP contribution < -0.4 is 0 Å². The zero-order chi connectivity index (χ0) is 17.7. The van der Waals surface area contributed by atoms with Crippen molar-refractivity contribution in [1.82, 2.24) is 4.90 Å². The Morgan fingerprint density at radius 3 is 2.38 bits per heavy atom. The first-order chi connectivity index (χ1) is 11.9. The van der Waals surface area contributed by atoms with Crippen LogP contribution >= 0.6 is 35.6 Å². The van der Waals surface area contributed by atoms with Crippen molar-refractivity contribution in [3.63, 3.8) is 0 Å². The van der Waals surface area contributed by atoms with E-state index < -0.39 is 5.97 Å². The zero-order valence-electron chi connectivity index (χ0n) is 14.6. The molecule has 2 saturated heterocycles. The lowest BCUT2D eigenvalue weighted by Gasteiger charge is -2.39. The van der Waals surface area contributed by atoms with Crippen LogP contribution in [0.2, 0.25) is 10.0 Å². The molecule has 3 aliphatic heterocycles. The van der Waals surface area contributed by atoms with Crippen LogP contribution in [0.4, 0.5) is 5.69 Å². The topological polar surface area (TPSA) is 52.9 Å². The second-order valence-electron chi connectivity index (χ2n) is 7.76. The van der Waals surface area contributed by atoms with E-state index in [0.717, 1.165) is 41.6 Å². The van der Waals surface area contributed by atoms with Crippen molar-refractivity contribution < 1.29 is 9.90 Å². The summed E-state index contributed by atoms with van der Waals surface area (Å²) in [6.45, 7) is 2.00. The van der Waals surface area contributed by atoms with Crippen LogP contribution in [0.25, 0.3) is 0 Å². The molecule has 2 aliphatic carbocycles. The van der Waals surface area contributed by atoms with E-state index in [9.17, 15) is 0 Å². The van der Waals surface area contributed by atoms with Crippen LogP contribution in [-0.2, 0) is 11.3 Å². The maximum atomic E-state index is 9.00. The fourth-order valence-electron chi connectivity index (χ4n) is 5.21. The van der Waals surface area contributed by atoms with Crippen LogP contribution in [0.15, 0.2) is 17.1 Å². The molecule has 0 spiro atoms. The second kappa shape index (κ2) is 7.57. The maximum absolute atomic E-state index is 9.00. The second-order valence-corrected chi connectivity index (χ2v) is 8.61. The van der Waals surface area contributed by atoms with Gasteiger partial charge in [0.05, 0.1) is 5.69 Å². The summed E-state index contributed by atoms with van der Waals surface area (Å²) in [5, 5.41) is 8.88. The van der Waals surface area contributed by atoms with Gasteiger partial charge in [-0.3, -0.25) is 4.79 Å². The van der Waals surface area contributed by atoms with E-state index in [0.29, 0.717) is 17.0 Å². The van der Waals surface area contributed by atoms with Crippen molar-refractivity contribution in [3.05, 3.63) is 27.7 Å². The first kappa shape index (κ1) is 19.8. The summed E-state index contributed by atoms with van der Waals surface area (Å²) >= 11 is 12.6. The molecule has 0 aromatic heterocycles. The average molecular weight is 418 g/mol. The molecule has 1 aromatic carbocycles. The standard InChI is InChI=1S/C17H18Cl2N2.C2H4O2.ClH/c18-12-6-15(19)14-8-21-13-4-9-1-10(5-13)3-11(2-9)17(21)20-16(14)7-12;1-2(3)4;/h6-7,9-11,13H,1-5,8H2;1H3,(H,3,4);1H. The van der Waals surface area contributed by atoms with Gasteiger partial charge in [-0.05, 0) is 56.1 Å². The summed E-state index contributed by atoms with van der Waals surface area (Å²) in [5.41, 5.74) is 2.16. The third-order valence-corrected chi connectivity index (χ3v) is 6.47. The number of hydrogen-bond donors (Lipinski definition) is 1. The highest BCUT2D eigenvalue weighted by Gasteiger charge is 2.46. The Bertz CT molecular complexity index is 735. The normalized spacial score (nSPS) is 30.1. The minimum atomic E-state index is -0.833. The predicted molar refractivity (Wildman–Crippen MR) is 107 cm³/mol. The molecule has 2 unspecified atom stereocenters. The van der Waals surface area contributed by atoms with Crippen molar-refractivity contribution in [2.75, 3.05) is 0 Å². The molecule has 2 saturated carbocycles. The van der Waals surface area contributed by atoms with E-state index in [-0.39, 0.29) is 12.4 Å². The predicted octanol–water partition coefficient (Wildman–Crippen LogP) is 5.56. The van der Waals surface area contributed by atoms with Gasteiger partial charge in [-0.15, -0.1) is 12.4 Å². The molecule has 7 heteroatoms. The Hall–Kier alpha value is -0.970. The molecule has 6 rings (SSSR count). The minimum Gasteiger partial charge on any atom is -0.481 e. The van der Waals surface area contributed by atoms with Crippen LogP contribution in [-0.4, -0.2) is 27.9 Å². The van der Waals surface area contributed by atoms with Gasteiger partial charge in [0.1, 0.15) is 5.84 Å². The minimum absolute atomic E-state index is 0. The molecule has 5 aliphatic rings. The van der Waals surface area contributed by atoms with Gasteiger partial charge in [-0.2, -0.15) is 0 Å². The molecule has 4 bridgehead atoms. The number of aliphatic carboxylic acids is 1. The van der Waals surface area contributed by atoms with Gasteiger partial charge in [0.25, 0.3) is 5.97 Å². The summed E-state index contributed by atoms with van der Waals surface area (Å²) in [6, 6.07) is 4.51. The number of amidine groups is 1. The Balaban J connectivity index is 0.000000360. The molecular weight excluding hydrogens is 395 g/mol. The van der Waals surface area contributed by atoms with E-state index >= 15 is 0 Å². The summed E-state index contributed by atoms with van der Waals surface area (Å²) < 4.78 is 0. The number of benzene rings is 1. The number of fused-ring (bicyclic) bond motifs is 1. The first-order valence-corrected chi connectivity index (χ1v) is 9.69. The van der Waals surface area contributed by atoms with E-state index in [1.165, 1.54) is 37.9 Å². The Kier molecular flexibility index (Phi) is 5.76. The highest BCUT2D eigenvalue weighted by atomic mass is 35.5. The molecule has 1 aromatic rings. The molecule has 1 N–H and O–H groups in total. The van der Waals surface area contributed by atoms with E-state index in [4.69, 9.17) is 38.1 Å². The van der Waals surface area contributed by atoms with Crippen molar-refractivity contribution in [2.24, 2.45) is 22.7 Å². The molecule has 2 atom stereocenters. The lowest BCUT2D eigenvalue weighted by atomic mass is 9.68. The molecule has 142 valence electrons. The van der Waals surface area contributed by atoms with Gasteiger partial charge >= 0.3 is 0 Å². The average Bonchev–Trinajstić information content (AvgIpc) is 2.67. The number of carboxylic acids is 1. The summed E-state index contributed by atoms with van der Waals surface area (Å²) in [7, 11) is 0. The van der Waals surface area contributed by atoms with E-state index in [1.54, 1.807) is 0 Å². The molecule has 0 radical (unpaired) electrons. The van der Waals surface area contributed by atoms with Crippen LogP contribution in [0.1, 0.15) is 44.6 Å². The zero-order valence-corrected chi connectivity index (χ0v) is 16.9. The van der Waals surface area contributed by atoms with Gasteiger partial charge in [0.15, 0.2) is 0 Å². The molecule has 4 nitrogen and oxygen atoms in total. The highest BCUT2D eigenvalue weighted by Crippen LogP contribution is 2.51. The number of nitrogens with zero attached hydrogens (tertiary/aromatic N) is 2. The van der Waals surface area contributed by atoms with Gasteiger partial charge in [-0.25, -0.2) is 4.99 Å². The van der Waals surface area contributed by atoms with Crippen LogP contribution in [0.3, 0.4) is 0 Å². The molecule has 26 heavy (non-hydrogen) atoms. The van der Waals surface area contributed by atoms with Crippen LogP contribution in [0, 0.1) is 17.8 Å². The van der Waals surface area contributed by atoms with Crippen LogP contribution in [0.5, 0.6) is 0 Å². The maximum Gasteiger partial charge on any atom is 0.300 e. The highest BCUT2D eigenvalue weighted by molar-refractivity contribution is 6.35. The van der Waals surface area contributed by atoms with Crippen molar-refractivity contribution in [1.29, 1.82) is 0 Å². The fourth-order valence-corrected chi connectivity index (χ4v) is 5.75. The number of carboxylic acid groups (broad SMARTS) is 1. The Morgan fingerprint density at radius 1 is 1.15 bits per heavy atom. The van der Waals surface area contributed by atoms with Crippen molar-refractivity contribution in [2.45, 2.75) is 51.6 Å². The Labute approximate surface area is 170 Å². The summed E-state index contributed by atoms with van der Waals surface area (Å²) in [6.07, 6.45) is 6.84. The van der Waals surface area contributed by atoms with Gasteiger partial charge in [0.2, 0.25) is 0 Å². The quantitative estimate of drug-likeness (QED) is 0.601. The molecular formula is C19H23Cl3N2O2. The van der Waals surface area contributed by atoms with E-state index in [2.05, 4.69) is 4.90 Å². The summed E-state index contributed by atoms with van der Waals surface area (Å²) in [4.78, 5) is 16.6. The lowest BCUT2D eigenvalue weighted by Crippen LogP contribution is -2.42. The fraction of sp³-hybridized carbons (Fsp3) is 0.579. The summed E-state index contributed by atoms with van der Waals surface area (Å²) in [5.74, 6) is 2.99. The SMILES string of the molecule is CC(=O)O.Cl.Clc1cc(Cl)c2c(c1)N=C1C3CC4CC(C3)CC(C4)N1C2. The first-order valence-electron chi connectivity index (χ1n) is 8.93. The van der Waals surface area contributed by atoms with Gasteiger partial charge in [0, 0.05) is 41.0 Å². The number of rotatable bonds is 0. The lowest BCUT2D eigenvalue weighted by molar-refractivity contribution is -0.134. The Morgan fingerprint density at radius 2 is 1.77 bits per heavy atom. The number of hydrogen-bond acceptors (Lipinski definition) is 3. The monoisotopic (exact) mass is 416 g/mol. The largest absolute Gasteiger partial charge is 0.481 e. The third kappa shape index (κ3) is 3.69. The molecule has 3 heterocycles. The van der Waals surface area contributed by atoms with Gasteiger partial charge < -0.3 is 10.0 Å². The smallest absolute Gasteiger partial charge is 0.300 e. The number of carbonyl (C=O) groups is 1. The van der Waals surface area contributed by atoms with Crippen molar-refractivity contribution >= 4 is 53.1 Å². The van der Waals surface area contributed by atoms with Crippen molar-refractivity contribution in [3.8, 4) is 0 Å². The number of aliphatic imine (C=N–C) groups is 1. The molecule has 0 amide bonds. The molecule has 4 fully saturated rings. The third-order valence-electron chi connectivity index (χ3n) is 5.91.